The maximum Gasteiger partial charge on any atom is 0.162 e. The number of Topliss-reactive ketones (excluding diaryl/α,β-unsaturated/α-hetero) is 1. The van der Waals surface area contributed by atoms with Gasteiger partial charge < -0.3 is 9.80 Å². The van der Waals surface area contributed by atoms with Crippen molar-refractivity contribution < 1.29 is 13.6 Å². The number of fused-ring (bicyclic) bond motifs is 2. The fourth-order valence-electron chi connectivity index (χ4n) is 7.03. The Labute approximate surface area is 218 Å². The number of rotatable bonds is 7. The number of benzene rings is 2. The zero-order chi connectivity index (χ0) is 25.4. The van der Waals surface area contributed by atoms with Gasteiger partial charge >= 0.3 is 0 Å². The molecule has 2 heterocycles. The number of halogens is 2. The van der Waals surface area contributed by atoms with E-state index < -0.39 is 0 Å². The molecule has 37 heavy (non-hydrogen) atoms. The maximum atomic E-state index is 15.6. The maximum absolute atomic E-state index is 15.6. The molecule has 0 saturated carbocycles. The normalized spacial score (nSPS) is 23.0. The number of anilines is 2. The van der Waals surface area contributed by atoms with Gasteiger partial charge in [0.15, 0.2) is 5.78 Å². The molecule has 2 aromatic rings. The van der Waals surface area contributed by atoms with E-state index in [4.69, 9.17) is 0 Å². The van der Waals surface area contributed by atoms with Crippen LogP contribution in [-0.4, -0.2) is 32.0 Å². The minimum absolute atomic E-state index is 0.0110. The third kappa shape index (κ3) is 4.97. The van der Waals surface area contributed by atoms with E-state index in [1.807, 2.05) is 6.07 Å². The summed E-state index contributed by atoms with van der Waals surface area (Å²) in [5.74, 6) is 0.667. The van der Waals surface area contributed by atoms with Crippen LogP contribution >= 0.6 is 0 Å². The molecule has 5 heteroatoms. The lowest BCUT2D eigenvalue weighted by Gasteiger charge is -2.39. The van der Waals surface area contributed by atoms with E-state index in [2.05, 4.69) is 22.0 Å². The first-order chi connectivity index (χ1) is 18.1. The monoisotopic (exact) mass is 502 g/mol. The molecule has 2 unspecified atom stereocenters. The summed E-state index contributed by atoms with van der Waals surface area (Å²) in [5, 5.41) is 0. The molecule has 0 aromatic heterocycles. The van der Waals surface area contributed by atoms with E-state index in [9.17, 15) is 9.18 Å². The fraction of sp³-hybridized carbons (Fsp3) is 0.469. The van der Waals surface area contributed by atoms with Gasteiger partial charge in [-0.05, 0) is 99.6 Å². The van der Waals surface area contributed by atoms with Crippen molar-refractivity contribution in [1.29, 1.82) is 0 Å². The molecule has 0 bridgehead atoms. The van der Waals surface area contributed by atoms with Crippen molar-refractivity contribution in [2.45, 2.75) is 57.8 Å². The number of hydrogen-bond donors (Lipinski definition) is 0. The van der Waals surface area contributed by atoms with Crippen LogP contribution in [0.4, 0.5) is 20.2 Å². The summed E-state index contributed by atoms with van der Waals surface area (Å²) in [6.45, 7) is 3.68. The van der Waals surface area contributed by atoms with E-state index in [0.29, 0.717) is 36.7 Å². The number of ketones is 1. The molecule has 0 amide bonds. The van der Waals surface area contributed by atoms with Crippen LogP contribution in [0.2, 0.25) is 0 Å². The largest absolute Gasteiger partial charge is 0.370 e. The van der Waals surface area contributed by atoms with Gasteiger partial charge in [-0.15, -0.1) is 0 Å². The van der Waals surface area contributed by atoms with Gasteiger partial charge in [0.2, 0.25) is 0 Å². The lowest BCUT2D eigenvalue weighted by Crippen LogP contribution is -2.39. The molecule has 0 spiro atoms. The number of hydrogen-bond acceptors (Lipinski definition) is 3. The first-order valence-corrected chi connectivity index (χ1v) is 14.0. The van der Waals surface area contributed by atoms with E-state index in [-0.39, 0.29) is 17.4 Å². The number of carbonyl (C=O) groups excluding carboxylic acids is 1. The molecule has 6 rings (SSSR count). The molecule has 0 radical (unpaired) electrons. The number of piperidine rings is 2. The van der Waals surface area contributed by atoms with Crippen molar-refractivity contribution in [3.8, 4) is 0 Å². The summed E-state index contributed by atoms with van der Waals surface area (Å²) in [6.07, 6.45) is 13.3. The number of nitrogens with zero attached hydrogens (tertiary/aromatic N) is 2. The highest BCUT2D eigenvalue weighted by Crippen LogP contribution is 2.42. The van der Waals surface area contributed by atoms with Crippen LogP contribution in [0.3, 0.4) is 0 Å². The topological polar surface area (TPSA) is 23.6 Å². The zero-order valence-electron chi connectivity index (χ0n) is 21.5. The van der Waals surface area contributed by atoms with Gasteiger partial charge in [-0.3, -0.25) is 4.79 Å². The van der Waals surface area contributed by atoms with Gasteiger partial charge in [0.1, 0.15) is 11.6 Å². The second-order valence-corrected chi connectivity index (χ2v) is 11.2. The van der Waals surface area contributed by atoms with Gasteiger partial charge in [0.25, 0.3) is 0 Å². The molecule has 0 N–H and O–H groups in total. The summed E-state index contributed by atoms with van der Waals surface area (Å²) in [4.78, 5) is 17.6. The van der Waals surface area contributed by atoms with Crippen molar-refractivity contribution in [1.82, 2.24) is 0 Å². The Morgan fingerprint density at radius 2 is 1.49 bits per heavy atom. The average molecular weight is 503 g/mol. The Morgan fingerprint density at radius 3 is 2.19 bits per heavy atom. The van der Waals surface area contributed by atoms with Crippen LogP contribution in [0, 0.1) is 23.5 Å². The van der Waals surface area contributed by atoms with Crippen molar-refractivity contribution in [3.63, 3.8) is 0 Å². The van der Waals surface area contributed by atoms with Crippen molar-refractivity contribution >= 4 is 17.2 Å². The SMILES string of the molecule is O=C(CCCc1c(N2CCC3=CCCC3C2)ccc(F)c1N1CCC2=CCCC2C1)c1ccc(F)cc1. The molecule has 2 aromatic carbocycles. The summed E-state index contributed by atoms with van der Waals surface area (Å²) >= 11 is 0. The first-order valence-electron chi connectivity index (χ1n) is 14.0. The highest BCUT2D eigenvalue weighted by atomic mass is 19.1. The van der Waals surface area contributed by atoms with Crippen LogP contribution in [-0.2, 0) is 6.42 Å². The summed E-state index contributed by atoms with van der Waals surface area (Å²) < 4.78 is 28.9. The standard InChI is InChI=1S/C32H36F2N2O/c33-27-12-10-24(11-13-27)31(37)9-3-8-28-30(35-18-16-22-4-1-6-25(22)20-35)15-14-29(34)32(28)36-19-17-23-5-2-7-26(23)21-36/h4-5,10-15,25-26H,1-3,6-9,16-21H2. The Kier molecular flexibility index (Phi) is 6.88. The van der Waals surface area contributed by atoms with E-state index >= 15 is 4.39 Å². The summed E-state index contributed by atoms with van der Waals surface area (Å²) in [7, 11) is 0. The highest BCUT2D eigenvalue weighted by Gasteiger charge is 2.32. The highest BCUT2D eigenvalue weighted by molar-refractivity contribution is 5.96. The molecular weight excluding hydrogens is 466 g/mol. The Bertz CT molecular complexity index is 1230. The second kappa shape index (κ2) is 10.4. The van der Waals surface area contributed by atoms with Gasteiger partial charge in [0.05, 0.1) is 5.69 Å². The molecule has 2 fully saturated rings. The third-order valence-electron chi connectivity index (χ3n) is 8.98. The van der Waals surface area contributed by atoms with Gasteiger partial charge in [-0.2, -0.15) is 0 Å². The minimum Gasteiger partial charge on any atom is -0.370 e. The summed E-state index contributed by atoms with van der Waals surface area (Å²) in [5.41, 5.74) is 6.64. The Morgan fingerprint density at radius 1 is 0.838 bits per heavy atom. The van der Waals surface area contributed by atoms with E-state index in [1.165, 1.54) is 25.0 Å². The molecule has 2 saturated heterocycles. The van der Waals surface area contributed by atoms with Crippen LogP contribution in [0.5, 0.6) is 0 Å². The van der Waals surface area contributed by atoms with Crippen molar-refractivity contribution in [2.24, 2.45) is 11.8 Å². The van der Waals surface area contributed by atoms with E-state index in [1.54, 1.807) is 29.3 Å². The molecule has 2 aliphatic heterocycles. The fourth-order valence-corrected chi connectivity index (χ4v) is 7.03. The predicted octanol–water partition coefficient (Wildman–Crippen LogP) is 7.26. The predicted molar refractivity (Wildman–Crippen MR) is 145 cm³/mol. The van der Waals surface area contributed by atoms with Crippen LogP contribution in [0.1, 0.15) is 67.3 Å². The van der Waals surface area contributed by atoms with Crippen LogP contribution in [0.15, 0.2) is 59.7 Å². The first kappa shape index (κ1) is 24.4. The van der Waals surface area contributed by atoms with E-state index in [0.717, 1.165) is 68.8 Å². The molecule has 3 nitrogen and oxygen atoms in total. The Balaban J connectivity index is 1.27. The van der Waals surface area contributed by atoms with Crippen molar-refractivity contribution in [2.75, 3.05) is 36.0 Å². The molecule has 4 aliphatic rings. The van der Waals surface area contributed by atoms with Gasteiger partial charge in [0, 0.05) is 49.4 Å². The van der Waals surface area contributed by atoms with Gasteiger partial charge in [-0.25, -0.2) is 8.78 Å². The Hall–Kier alpha value is -2.95. The molecular formula is C32H36F2N2O. The van der Waals surface area contributed by atoms with Crippen LogP contribution < -0.4 is 9.80 Å². The minimum atomic E-state index is -0.339. The molecule has 2 atom stereocenters. The lowest BCUT2D eigenvalue weighted by atomic mass is 9.90. The second-order valence-electron chi connectivity index (χ2n) is 11.2. The number of allylic oxidation sites excluding steroid dienone is 2. The van der Waals surface area contributed by atoms with Crippen LogP contribution in [0.25, 0.3) is 0 Å². The smallest absolute Gasteiger partial charge is 0.162 e. The zero-order valence-corrected chi connectivity index (χ0v) is 21.5. The molecule has 2 aliphatic carbocycles. The average Bonchev–Trinajstić information content (AvgIpc) is 3.58. The third-order valence-corrected chi connectivity index (χ3v) is 8.98. The van der Waals surface area contributed by atoms with Gasteiger partial charge in [-0.1, -0.05) is 23.3 Å². The van der Waals surface area contributed by atoms with Crippen molar-refractivity contribution in [3.05, 3.63) is 82.5 Å². The number of carbonyl (C=O) groups is 1. The lowest BCUT2D eigenvalue weighted by molar-refractivity contribution is 0.0980. The summed E-state index contributed by atoms with van der Waals surface area (Å²) in [6, 6.07) is 9.41. The molecule has 194 valence electrons. The quantitative estimate of drug-likeness (QED) is 0.294.